The van der Waals surface area contributed by atoms with Gasteiger partial charge in [-0.3, -0.25) is 4.79 Å². The van der Waals surface area contributed by atoms with Crippen molar-refractivity contribution < 1.29 is 9.53 Å². The van der Waals surface area contributed by atoms with Crippen LogP contribution in [-0.2, 0) is 9.53 Å². The third kappa shape index (κ3) is 3.44. The van der Waals surface area contributed by atoms with Gasteiger partial charge >= 0.3 is 0 Å². The molecule has 1 aromatic rings. The summed E-state index contributed by atoms with van der Waals surface area (Å²) in [4.78, 5) is 14.7. The predicted molar refractivity (Wildman–Crippen MR) is 81.6 cm³/mol. The molecule has 1 amide bonds. The summed E-state index contributed by atoms with van der Waals surface area (Å²) < 4.78 is 5.83. The van der Waals surface area contributed by atoms with E-state index in [0.29, 0.717) is 25.6 Å². The van der Waals surface area contributed by atoms with Crippen LogP contribution in [0.4, 0.5) is 0 Å². The molecule has 4 nitrogen and oxygen atoms in total. The molecule has 1 aliphatic carbocycles. The molecule has 0 aromatic heterocycles. The number of ether oxygens (including phenoxy) is 1. The highest BCUT2D eigenvalue weighted by atomic mass is 16.5. The fourth-order valence-electron chi connectivity index (χ4n) is 3.34. The Morgan fingerprint density at radius 3 is 2.57 bits per heavy atom. The van der Waals surface area contributed by atoms with Crippen LogP contribution in [0.2, 0.25) is 0 Å². The van der Waals surface area contributed by atoms with E-state index in [1.165, 1.54) is 0 Å². The molecule has 0 bridgehead atoms. The lowest BCUT2D eigenvalue weighted by Gasteiger charge is -2.36. The Balaban J connectivity index is 1.62. The summed E-state index contributed by atoms with van der Waals surface area (Å²) in [6.45, 7) is 2.01. The van der Waals surface area contributed by atoms with Gasteiger partial charge in [-0.2, -0.15) is 0 Å². The van der Waals surface area contributed by atoms with Crippen LogP contribution in [0.15, 0.2) is 30.3 Å². The van der Waals surface area contributed by atoms with Crippen molar-refractivity contribution >= 4 is 5.91 Å². The molecule has 3 rings (SSSR count). The van der Waals surface area contributed by atoms with Gasteiger partial charge in [0.2, 0.25) is 5.91 Å². The van der Waals surface area contributed by atoms with Crippen molar-refractivity contribution in [1.29, 1.82) is 0 Å². The van der Waals surface area contributed by atoms with Crippen LogP contribution in [0.1, 0.15) is 37.4 Å². The van der Waals surface area contributed by atoms with E-state index in [4.69, 9.17) is 10.5 Å². The van der Waals surface area contributed by atoms with Crippen molar-refractivity contribution in [1.82, 2.24) is 4.90 Å². The van der Waals surface area contributed by atoms with E-state index in [1.54, 1.807) is 0 Å². The number of rotatable bonds is 2. The van der Waals surface area contributed by atoms with Gasteiger partial charge in [0, 0.05) is 18.5 Å². The molecular formula is C17H24N2O2. The molecule has 21 heavy (non-hydrogen) atoms. The highest BCUT2D eigenvalue weighted by Gasteiger charge is 2.31. The second-order valence-electron chi connectivity index (χ2n) is 6.17. The molecule has 2 N–H and O–H groups in total. The summed E-state index contributed by atoms with van der Waals surface area (Å²) in [5.74, 6) is 0.463. The van der Waals surface area contributed by atoms with Gasteiger partial charge in [-0.15, -0.1) is 0 Å². The molecule has 1 heterocycles. The summed E-state index contributed by atoms with van der Waals surface area (Å²) in [6, 6.07) is 10.5. The number of nitrogens with zero attached hydrogens (tertiary/aromatic N) is 1. The molecule has 1 atom stereocenters. The molecule has 1 aliphatic heterocycles. The maximum atomic E-state index is 12.7. The molecule has 0 spiro atoms. The molecule has 2 aliphatic rings. The van der Waals surface area contributed by atoms with Gasteiger partial charge in [-0.1, -0.05) is 30.3 Å². The standard InChI is InChI=1S/C17H24N2O2/c18-15-8-6-14(7-9-15)17(20)19-10-11-21-16(12-19)13-4-2-1-3-5-13/h1-5,14-16H,6-12,18H2. The minimum atomic E-state index is 0.00903. The second-order valence-corrected chi connectivity index (χ2v) is 6.17. The Morgan fingerprint density at radius 2 is 1.86 bits per heavy atom. The van der Waals surface area contributed by atoms with E-state index in [0.717, 1.165) is 31.2 Å². The number of amides is 1. The fourth-order valence-corrected chi connectivity index (χ4v) is 3.34. The fraction of sp³-hybridized carbons (Fsp3) is 0.588. The average molecular weight is 288 g/mol. The van der Waals surface area contributed by atoms with E-state index < -0.39 is 0 Å². The molecule has 0 radical (unpaired) electrons. The van der Waals surface area contributed by atoms with Gasteiger partial charge < -0.3 is 15.4 Å². The SMILES string of the molecule is NC1CCC(C(=O)N2CCOC(c3ccccc3)C2)CC1. The van der Waals surface area contributed by atoms with Crippen LogP contribution < -0.4 is 5.73 Å². The number of nitrogens with two attached hydrogens (primary N) is 1. The first-order chi connectivity index (χ1) is 10.2. The molecule has 114 valence electrons. The Bertz CT molecular complexity index is 469. The largest absolute Gasteiger partial charge is 0.370 e. The summed E-state index contributed by atoms with van der Waals surface area (Å²) in [5, 5.41) is 0. The maximum Gasteiger partial charge on any atom is 0.225 e. The van der Waals surface area contributed by atoms with Gasteiger partial charge in [0.1, 0.15) is 6.10 Å². The Kier molecular flexibility index (Phi) is 4.56. The van der Waals surface area contributed by atoms with E-state index in [2.05, 4.69) is 12.1 Å². The van der Waals surface area contributed by atoms with Gasteiger partial charge in [0.15, 0.2) is 0 Å². The van der Waals surface area contributed by atoms with Crippen molar-refractivity contribution in [3.8, 4) is 0 Å². The smallest absolute Gasteiger partial charge is 0.225 e. The number of carbonyl (C=O) groups is 1. The minimum Gasteiger partial charge on any atom is -0.370 e. The lowest BCUT2D eigenvalue weighted by atomic mass is 9.85. The zero-order valence-corrected chi connectivity index (χ0v) is 12.4. The number of benzene rings is 1. The monoisotopic (exact) mass is 288 g/mol. The molecule has 1 unspecified atom stereocenters. The summed E-state index contributed by atoms with van der Waals surface area (Å²) in [7, 11) is 0. The van der Waals surface area contributed by atoms with Crippen LogP contribution in [0, 0.1) is 5.92 Å². The third-order valence-corrected chi connectivity index (χ3v) is 4.67. The Morgan fingerprint density at radius 1 is 1.14 bits per heavy atom. The van der Waals surface area contributed by atoms with E-state index in [9.17, 15) is 4.79 Å². The third-order valence-electron chi connectivity index (χ3n) is 4.67. The van der Waals surface area contributed by atoms with Gasteiger partial charge in [-0.25, -0.2) is 0 Å². The number of hydrogen-bond acceptors (Lipinski definition) is 3. The van der Waals surface area contributed by atoms with Crippen LogP contribution in [0.25, 0.3) is 0 Å². The van der Waals surface area contributed by atoms with E-state index >= 15 is 0 Å². The average Bonchev–Trinajstić information content (AvgIpc) is 2.56. The highest BCUT2D eigenvalue weighted by molar-refractivity contribution is 5.79. The van der Waals surface area contributed by atoms with E-state index in [-0.39, 0.29) is 18.1 Å². The molecular weight excluding hydrogens is 264 g/mol. The molecule has 2 fully saturated rings. The van der Waals surface area contributed by atoms with Crippen LogP contribution in [0.3, 0.4) is 0 Å². The first kappa shape index (κ1) is 14.5. The lowest BCUT2D eigenvalue weighted by molar-refractivity contribution is -0.144. The van der Waals surface area contributed by atoms with Gasteiger partial charge in [0.05, 0.1) is 13.2 Å². The molecule has 1 saturated heterocycles. The summed E-state index contributed by atoms with van der Waals surface area (Å²) >= 11 is 0. The van der Waals surface area contributed by atoms with Crippen molar-refractivity contribution in [2.45, 2.75) is 37.8 Å². The zero-order chi connectivity index (χ0) is 14.7. The number of carbonyl (C=O) groups excluding carboxylic acids is 1. The predicted octanol–water partition coefficient (Wildman–Crippen LogP) is 2.10. The van der Waals surface area contributed by atoms with Gasteiger partial charge in [0.25, 0.3) is 0 Å². The van der Waals surface area contributed by atoms with E-state index in [1.807, 2.05) is 23.1 Å². The van der Waals surface area contributed by atoms with Gasteiger partial charge in [-0.05, 0) is 31.2 Å². The normalized spacial score (nSPS) is 30.1. The number of morpholine rings is 1. The van der Waals surface area contributed by atoms with Crippen molar-refractivity contribution in [3.63, 3.8) is 0 Å². The van der Waals surface area contributed by atoms with Crippen LogP contribution in [-0.4, -0.2) is 36.5 Å². The molecule has 4 heteroatoms. The minimum absolute atomic E-state index is 0.00903. The van der Waals surface area contributed by atoms with Crippen LogP contribution >= 0.6 is 0 Å². The zero-order valence-electron chi connectivity index (χ0n) is 12.4. The first-order valence-electron chi connectivity index (χ1n) is 7.95. The number of hydrogen-bond donors (Lipinski definition) is 1. The Labute approximate surface area is 126 Å². The van der Waals surface area contributed by atoms with Crippen molar-refractivity contribution in [3.05, 3.63) is 35.9 Å². The van der Waals surface area contributed by atoms with Crippen molar-refractivity contribution in [2.75, 3.05) is 19.7 Å². The Hall–Kier alpha value is -1.39. The second kappa shape index (κ2) is 6.58. The topological polar surface area (TPSA) is 55.6 Å². The quantitative estimate of drug-likeness (QED) is 0.906. The molecule has 1 aromatic carbocycles. The lowest BCUT2D eigenvalue weighted by Crippen LogP contribution is -2.46. The van der Waals surface area contributed by atoms with Crippen LogP contribution in [0.5, 0.6) is 0 Å². The highest BCUT2D eigenvalue weighted by Crippen LogP contribution is 2.28. The summed E-state index contributed by atoms with van der Waals surface area (Å²) in [5.41, 5.74) is 7.08. The molecule has 1 saturated carbocycles. The first-order valence-corrected chi connectivity index (χ1v) is 7.95. The maximum absolute atomic E-state index is 12.7. The van der Waals surface area contributed by atoms with Crippen molar-refractivity contribution in [2.24, 2.45) is 11.7 Å². The summed E-state index contributed by atoms with van der Waals surface area (Å²) in [6.07, 6.45) is 3.83.